The minimum Gasteiger partial charge on any atom is -0.481 e. The number of ether oxygens (including phenoxy) is 1. The number of aliphatic hydroxyl groups is 2. The van der Waals surface area contributed by atoms with Gasteiger partial charge in [-0.3, -0.25) is 9.59 Å². The highest BCUT2D eigenvalue weighted by Gasteiger charge is 2.68. The molecule has 2 fully saturated rings. The predicted molar refractivity (Wildman–Crippen MR) is 199 cm³/mol. The van der Waals surface area contributed by atoms with Gasteiger partial charge in [-0.2, -0.15) is 0 Å². The number of hydrogen-bond donors (Lipinski definition) is 3. The van der Waals surface area contributed by atoms with Gasteiger partial charge in [-0.25, -0.2) is 0 Å². The van der Waals surface area contributed by atoms with E-state index in [0.29, 0.717) is 17.5 Å². The van der Waals surface area contributed by atoms with E-state index in [4.69, 9.17) is 4.74 Å². The van der Waals surface area contributed by atoms with Crippen LogP contribution in [0.2, 0.25) is 0 Å². The highest BCUT2D eigenvalue weighted by Crippen LogP contribution is 2.72. The van der Waals surface area contributed by atoms with Gasteiger partial charge in [0.05, 0.1) is 46.8 Å². The van der Waals surface area contributed by atoms with Crippen LogP contribution in [-0.2, 0) is 21.4 Å². The van der Waals surface area contributed by atoms with E-state index in [9.17, 15) is 24.9 Å². The maximum atomic E-state index is 14.8. The zero-order chi connectivity index (χ0) is 37.0. The van der Waals surface area contributed by atoms with E-state index < -0.39 is 40.8 Å². The summed E-state index contributed by atoms with van der Waals surface area (Å²) in [5, 5.41) is 34.2. The molecule has 4 aliphatic carbocycles. The molecule has 0 bridgehead atoms. The smallest absolute Gasteiger partial charge is 0.307 e. The SMILES string of the molecule is C=C(C)[C@H]1C(=O)c2c3c(cc4c5c(n1c24)[C@@]1(C)[C](CCC2[C@](C)(/C=C/C=C(\C)CC(=O)O)C(O)CC[C@@]21C)C5)C1=CC(C)(C)OC(C)(C)[C]1C3O. The molecule has 2 aromatic rings. The maximum Gasteiger partial charge on any atom is 0.307 e. The van der Waals surface area contributed by atoms with Gasteiger partial charge < -0.3 is 24.6 Å². The minimum atomic E-state index is -0.947. The third kappa shape index (κ3) is 4.34. The lowest BCUT2D eigenvalue weighted by molar-refractivity contribution is -0.136. The molecule has 6 aliphatic rings. The molecule has 2 saturated carbocycles. The van der Waals surface area contributed by atoms with Crippen LogP contribution in [0.1, 0.15) is 139 Å². The Hall–Kier alpha value is -3.26. The van der Waals surface area contributed by atoms with E-state index in [2.05, 4.69) is 50.1 Å². The van der Waals surface area contributed by atoms with Crippen LogP contribution in [0.25, 0.3) is 16.5 Å². The summed E-state index contributed by atoms with van der Waals surface area (Å²) in [5.41, 5.74) is 5.87. The fraction of sp³-hybridized carbons (Fsp3) is 0.545. The number of nitrogens with zero attached hydrogens (tertiary/aromatic N) is 1. The van der Waals surface area contributed by atoms with Gasteiger partial charge in [0.1, 0.15) is 6.04 Å². The van der Waals surface area contributed by atoms with Gasteiger partial charge in [0.15, 0.2) is 5.78 Å². The molecule has 7 nitrogen and oxygen atoms in total. The minimum absolute atomic E-state index is 0.00366. The van der Waals surface area contributed by atoms with Crippen LogP contribution in [0.4, 0.5) is 0 Å². The summed E-state index contributed by atoms with van der Waals surface area (Å²) >= 11 is 0. The molecule has 1 aromatic carbocycles. The van der Waals surface area contributed by atoms with Gasteiger partial charge in [0.2, 0.25) is 0 Å². The maximum absolute atomic E-state index is 14.8. The Bertz CT molecular complexity index is 2040. The van der Waals surface area contributed by atoms with Crippen molar-refractivity contribution in [3.8, 4) is 0 Å². The molecule has 0 spiro atoms. The Balaban J connectivity index is 1.34. The summed E-state index contributed by atoms with van der Waals surface area (Å²) in [6, 6.07) is 1.71. The fourth-order valence-electron chi connectivity index (χ4n) is 12.2. The Morgan fingerprint density at radius 3 is 2.47 bits per heavy atom. The summed E-state index contributed by atoms with van der Waals surface area (Å²) in [5.74, 6) is 1.61. The molecular formula is C44H53NO6. The molecule has 7 heteroatoms. The summed E-state index contributed by atoms with van der Waals surface area (Å²) < 4.78 is 8.81. The molecular weight excluding hydrogens is 638 g/mol. The molecule has 7 atom stereocenters. The number of carbonyl (C=O) groups is 2. The lowest BCUT2D eigenvalue weighted by Gasteiger charge is -2.64. The van der Waals surface area contributed by atoms with Gasteiger partial charge in [-0.15, -0.1) is 0 Å². The van der Waals surface area contributed by atoms with Crippen molar-refractivity contribution in [3.05, 3.63) is 87.9 Å². The van der Waals surface area contributed by atoms with Crippen LogP contribution >= 0.6 is 0 Å². The average molecular weight is 692 g/mol. The topological polar surface area (TPSA) is 109 Å². The van der Waals surface area contributed by atoms with Gasteiger partial charge in [0, 0.05) is 27.5 Å². The third-order valence-corrected chi connectivity index (χ3v) is 14.3. The highest BCUT2D eigenvalue weighted by atomic mass is 16.5. The number of rotatable bonds is 5. The molecule has 3 N–H and O–H groups in total. The van der Waals surface area contributed by atoms with Crippen molar-refractivity contribution >= 4 is 28.2 Å². The van der Waals surface area contributed by atoms with Crippen LogP contribution in [0.3, 0.4) is 0 Å². The van der Waals surface area contributed by atoms with Gasteiger partial charge in [-0.05, 0) is 120 Å². The molecule has 2 radical (unpaired) electrons. The first-order valence-corrected chi connectivity index (χ1v) is 18.7. The normalized spacial score (nSPS) is 36.6. The third-order valence-electron chi connectivity index (χ3n) is 14.3. The monoisotopic (exact) mass is 691 g/mol. The molecule has 8 rings (SSSR count). The molecule has 51 heavy (non-hydrogen) atoms. The lowest BCUT2D eigenvalue weighted by Crippen LogP contribution is -2.61. The Morgan fingerprint density at radius 1 is 1.10 bits per heavy atom. The van der Waals surface area contributed by atoms with Crippen LogP contribution in [0, 0.1) is 28.6 Å². The first kappa shape index (κ1) is 34.8. The van der Waals surface area contributed by atoms with Crippen molar-refractivity contribution in [3.63, 3.8) is 0 Å². The largest absolute Gasteiger partial charge is 0.481 e. The molecule has 2 aliphatic heterocycles. The van der Waals surface area contributed by atoms with E-state index in [1.807, 2.05) is 53.7 Å². The first-order valence-electron chi connectivity index (χ1n) is 18.7. The standard InChI is InChI=1S/C44H53NO6/c1-22(2)35-38(50)33-32-25(28-21-40(4,5)51-41(6,7)34(28)37(32)49)20-26-27-19-24-13-14-29-42(8,16-11-12-23(3)18-31(47)48)30(46)15-17-43(29,9)44(24,10)39(27)45(35)36(26)33/h11-12,16,20-21,29-30,35,37,46,49H,1,13-15,17-19H2,2-10H3,(H,47,48)/b16-11+,23-12+/t29?,30?,35-,37?,42-,43-,44+/m0/s1. The molecule has 3 unspecified atom stereocenters. The number of benzene rings is 1. The van der Waals surface area contributed by atoms with Crippen molar-refractivity contribution in [2.24, 2.45) is 16.7 Å². The molecule has 0 saturated heterocycles. The number of aliphatic hydroxyl groups excluding tert-OH is 2. The number of carbonyl (C=O) groups excluding carboxylic acids is 1. The number of aromatic nitrogens is 1. The molecule has 1 aromatic heterocycles. The van der Waals surface area contributed by atoms with Gasteiger partial charge in [-0.1, -0.05) is 56.7 Å². The summed E-state index contributed by atoms with van der Waals surface area (Å²) in [4.78, 5) is 26.1. The second-order valence-corrected chi connectivity index (χ2v) is 18.3. The van der Waals surface area contributed by atoms with Crippen molar-refractivity contribution < 1.29 is 29.6 Å². The van der Waals surface area contributed by atoms with Crippen molar-refractivity contribution in [2.45, 2.75) is 136 Å². The highest BCUT2D eigenvalue weighted by molar-refractivity contribution is 6.19. The number of Topliss-reactive ketones (excluding diaryl/α,β-unsaturated/α-hetero) is 1. The number of ketones is 1. The zero-order valence-electron chi connectivity index (χ0n) is 31.7. The zero-order valence-corrected chi connectivity index (χ0v) is 31.7. The Morgan fingerprint density at radius 2 is 1.80 bits per heavy atom. The number of carboxylic acid groups (broad SMARTS) is 1. The van der Waals surface area contributed by atoms with Crippen molar-refractivity contribution in [1.82, 2.24) is 4.57 Å². The molecule has 0 amide bonds. The Labute approximate surface area is 302 Å². The van der Waals surface area contributed by atoms with Crippen LogP contribution in [-0.4, -0.2) is 48.9 Å². The van der Waals surface area contributed by atoms with E-state index >= 15 is 0 Å². The summed E-state index contributed by atoms with van der Waals surface area (Å²) in [7, 11) is 0. The second kappa shape index (κ2) is 10.7. The quantitative estimate of drug-likeness (QED) is 0.214. The van der Waals surface area contributed by atoms with E-state index in [-0.39, 0.29) is 29.0 Å². The molecule has 270 valence electrons. The van der Waals surface area contributed by atoms with Crippen molar-refractivity contribution in [1.29, 1.82) is 0 Å². The van der Waals surface area contributed by atoms with Crippen molar-refractivity contribution in [2.75, 3.05) is 0 Å². The second-order valence-electron chi connectivity index (χ2n) is 18.3. The number of aliphatic carboxylic acids is 1. The van der Waals surface area contributed by atoms with Crippen LogP contribution in [0.5, 0.6) is 0 Å². The van der Waals surface area contributed by atoms with Gasteiger partial charge in [0.25, 0.3) is 0 Å². The Kier molecular flexibility index (Phi) is 7.28. The lowest BCUT2D eigenvalue weighted by atomic mass is 9.40. The predicted octanol–water partition coefficient (Wildman–Crippen LogP) is 8.49. The van der Waals surface area contributed by atoms with Gasteiger partial charge >= 0.3 is 5.97 Å². The average Bonchev–Trinajstić information content (AvgIpc) is 3.67. The first-order chi connectivity index (χ1) is 23.7. The fourth-order valence-corrected chi connectivity index (χ4v) is 12.2. The van der Waals surface area contributed by atoms with E-state index in [1.165, 1.54) is 17.2 Å². The molecule has 3 heterocycles. The van der Waals surface area contributed by atoms with E-state index in [0.717, 1.165) is 64.8 Å². The number of fused-ring (bicyclic) bond motifs is 11. The van der Waals surface area contributed by atoms with Crippen LogP contribution in [0.15, 0.2) is 48.1 Å². The summed E-state index contributed by atoms with van der Waals surface area (Å²) in [6.45, 7) is 23.3. The van der Waals surface area contributed by atoms with E-state index in [1.54, 1.807) is 0 Å². The number of carboxylic acids is 1. The number of allylic oxidation sites excluding steroid dienone is 3. The van der Waals surface area contributed by atoms with Crippen LogP contribution < -0.4 is 0 Å². The summed E-state index contributed by atoms with van der Waals surface area (Å²) in [6.07, 6.45) is 10.8. The number of hydrogen-bond acceptors (Lipinski definition) is 5.